The molecule has 2 amide bonds. The number of ether oxygens (including phenoxy) is 2. The van der Waals surface area contributed by atoms with Crippen molar-refractivity contribution < 1.29 is 19.1 Å². The topological polar surface area (TPSA) is 67.9 Å². The molecule has 0 bridgehead atoms. The molecular formula is C16H22N2O4. The van der Waals surface area contributed by atoms with Crippen molar-refractivity contribution in [2.75, 3.05) is 25.1 Å². The Hall–Kier alpha value is -2.24. The van der Waals surface area contributed by atoms with Gasteiger partial charge in [-0.05, 0) is 32.9 Å². The summed E-state index contributed by atoms with van der Waals surface area (Å²) in [4.78, 5) is 25.4. The fraction of sp³-hybridized carbons (Fsp3) is 0.500. The zero-order valence-corrected chi connectivity index (χ0v) is 13.4. The van der Waals surface area contributed by atoms with E-state index in [4.69, 9.17) is 9.47 Å². The van der Waals surface area contributed by atoms with Crippen LogP contribution in [0.5, 0.6) is 11.5 Å². The molecule has 1 aromatic rings. The van der Waals surface area contributed by atoms with Gasteiger partial charge in [0.1, 0.15) is 19.8 Å². The first-order valence-corrected chi connectivity index (χ1v) is 7.25. The molecule has 1 N–H and O–H groups in total. The van der Waals surface area contributed by atoms with Gasteiger partial charge in [0.15, 0.2) is 11.5 Å². The van der Waals surface area contributed by atoms with E-state index < -0.39 is 5.54 Å². The van der Waals surface area contributed by atoms with Crippen molar-refractivity contribution >= 4 is 17.5 Å². The Morgan fingerprint density at radius 3 is 2.41 bits per heavy atom. The van der Waals surface area contributed by atoms with E-state index >= 15 is 0 Å². The Morgan fingerprint density at radius 1 is 1.18 bits per heavy atom. The smallest absolute Gasteiger partial charge is 0.244 e. The van der Waals surface area contributed by atoms with Crippen LogP contribution in [0.25, 0.3) is 0 Å². The molecule has 0 spiro atoms. The monoisotopic (exact) mass is 306 g/mol. The van der Waals surface area contributed by atoms with Crippen molar-refractivity contribution in [1.29, 1.82) is 0 Å². The molecule has 1 aliphatic heterocycles. The van der Waals surface area contributed by atoms with Gasteiger partial charge in [-0.1, -0.05) is 0 Å². The number of fused-ring (bicyclic) bond motifs is 1. The quantitative estimate of drug-likeness (QED) is 0.928. The van der Waals surface area contributed by atoms with E-state index in [1.807, 2.05) is 20.8 Å². The van der Waals surface area contributed by atoms with Crippen LogP contribution in [0.4, 0.5) is 5.69 Å². The summed E-state index contributed by atoms with van der Waals surface area (Å²) < 4.78 is 10.9. The first kappa shape index (κ1) is 16.1. The average Bonchev–Trinajstić information content (AvgIpc) is 2.43. The molecule has 22 heavy (non-hydrogen) atoms. The van der Waals surface area contributed by atoms with Gasteiger partial charge in [0.25, 0.3) is 0 Å². The summed E-state index contributed by atoms with van der Waals surface area (Å²) in [5, 5.41) is 2.78. The first-order valence-electron chi connectivity index (χ1n) is 7.25. The lowest BCUT2D eigenvalue weighted by molar-refractivity contribution is -0.137. The maximum atomic E-state index is 12.2. The highest BCUT2D eigenvalue weighted by atomic mass is 16.6. The molecule has 0 fully saturated rings. The second-order valence-corrected chi connectivity index (χ2v) is 6.18. The van der Waals surface area contributed by atoms with Gasteiger partial charge in [-0.2, -0.15) is 0 Å². The standard InChI is InChI=1S/C16H22N2O4/c1-11(19)18(16(2,3)4)10-15(20)17-12-5-6-13-14(9-12)22-8-7-21-13/h5-6,9H,7-8,10H2,1-4H3,(H,17,20). The highest BCUT2D eigenvalue weighted by molar-refractivity contribution is 5.94. The molecule has 0 aromatic heterocycles. The molecule has 0 saturated carbocycles. The van der Waals surface area contributed by atoms with Gasteiger partial charge >= 0.3 is 0 Å². The molecule has 2 rings (SSSR count). The molecular weight excluding hydrogens is 284 g/mol. The van der Waals surface area contributed by atoms with Crippen molar-refractivity contribution in [3.63, 3.8) is 0 Å². The normalized spacial score (nSPS) is 13.5. The van der Waals surface area contributed by atoms with Crippen molar-refractivity contribution in [2.45, 2.75) is 33.2 Å². The predicted molar refractivity (Wildman–Crippen MR) is 83.2 cm³/mol. The predicted octanol–water partition coefficient (Wildman–Crippen LogP) is 2.04. The third-order valence-corrected chi connectivity index (χ3v) is 3.32. The maximum Gasteiger partial charge on any atom is 0.244 e. The first-order chi connectivity index (χ1) is 10.3. The van der Waals surface area contributed by atoms with Crippen LogP contribution in [0.1, 0.15) is 27.7 Å². The molecule has 6 nitrogen and oxygen atoms in total. The number of hydrogen-bond acceptors (Lipinski definition) is 4. The lowest BCUT2D eigenvalue weighted by Crippen LogP contribution is -2.48. The van der Waals surface area contributed by atoms with Gasteiger partial charge in [-0.25, -0.2) is 0 Å². The minimum atomic E-state index is -0.407. The number of carbonyl (C=O) groups excluding carboxylic acids is 2. The van der Waals surface area contributed by atoms with Crippen molar-refractivity contribution in [3.8, 4) is 11.5 Å². The fourth-order valence-corrected chi connectivity index (χ4v) is 2.29. The molecule has 1 aliphatic rings. The molecule has 1 aromatic carbocycles. The van der Waals surface area contributed by atoms with E-state index in [2.05, 4.69) is 5.32 Å². The summed E-state index contributed by atoms with van der Waals surface area (Å²) >= 11 is 0. The van der Waals surface area contributed by atoms with E-state index in [-0.39, 0.29) is 18.4 Å². The molecule has 0 unspecified atom stereocenters. The molecule has 1 heterocycles. The molecule has 0 saturated heterocycles. The molecule has 0 radical (unpaired) electrons. The molecule has 0 atom stereocenters. The highest BCUT2D eigenvalue weighted by Crippen LogP contribution is 2.32. The van der Waals surface area contributed by atoms with Gasteiger partial charge in [0.05, 0.1) is 0 Å². The summed E-state index contributed by atoms with van der Waals surface area (Å²) in [6, 6.07) is 5.23. The van der Waals surface area contributed by atoms with E-state index in [1.54, 1.807) is 18.2 Å². The van der Waals surface area contributed by atoms with E-state index in [0.29, 0.717) is 30.4 Å². The van der Waals surface area contributed by atoms with Crippen molar-refractivity contribution in [3.05, 3.63) is 18.2 Å². The Labute approximate surface area is 130 Å². The summed E-state index contributed by atoms with van der Waals surface area (Å²) in [7, 11) is 0. The largest absolute Gasteiger partial charge is 0.486 e. The summed E-state index contributed by atoms with van der Waals surface area (Å²) in [5.74, 6) is 0.902. The van der Waals surface area contributed by atoms with Gasteiger partial charge in [0, 0.05) is 24.2 Å². The molecule has 0 aliphatic carbocycles. The second-order valence-electron chi connectivity index (χ2n) is 6.18. The summed E-state index contributed by atoms with van der Waals surface area (Å²) in [6.45, 7) is 8.17. The zero-order chi connectivity index (χ0) is 16.3. The molecule has 120 valence electrons. The number of hydrogen-bond donors (Lipinski definition) is 1. The number of benzene rings is 1. The van der Waals surface area contributed by atoms with Crippen LogP contribution in [0, 0.1) is 0 Å². The van der Waals surface area contributed by atoms with Crippen molar-refractivity contribution in [2.24, 2.45) is 0 Å². The lowest BCUT2D eigenvalue weighted by Gasteiger charge is -2.34. The Kier molecular flexibility index (Phi) is 4.59. The summed E-state index contributed by atoms with van der Waals surface area (Å²) in [6.07, 6.45) is 0. The van der Waals surface area contributed by atoms with E-state index in [0.717, 1.165) is 0 Å². The second kappa shape index (κ2) is 6.25. The van der Waals surface area contributed by atoms with Crippen LogP contribution in [0.15, 0.2) is 18.2 Å². The van der Waals surface area contributed by atoms with Crippen LogP contribution in [-0.2, 0) is 9.59 Å². The van der Waals surface area contributed by atoms with Crippen LogP contribution in [0.2, 0.25) is 0 Å². The third-order valence-electron chi connectivity index (χ3n) is 3.32. The zero-order valence-electron chi connectivity index (χ0n) is 13.4. The molecule has 6 heteroatoms. The number of nitrogens with zero attached hydrogens (tertiary/aromatic N) is 1. The van der Waals surface area contributed by atoms with Crippen LogP contribution >= 0.6 is 0 Å². The lowest BCUT2D eigenvalue weighted by atomic mass is 10.1. The SMILES string of the molecule is CC(=O)N(CC(=O)Nc1ccc2c(c1)OCCO2)C(C)(C)C. The Bertz CT molecular complexity index is 578. The van der Waals surface area contributed by atoms with Crippen LogP contribution < -0.4 is 14.8 Å². The fourth-order valence-electron chi connectivity index (χ4n) is 2.29. The minimum absolute atomic E-state index is 0.00722. The minimum Gasteiger partial charge on any atom is -0.486 e. The summed E-state index contributed by atoms with van der Waals surface area (Å²) in [5.41, 5.74) is 0.211. The average molecular weight is 306 g/mol. The number of nitrogens with one attached hydrogen (secondary N) is 1. The number of amides is 2. The third kappa shape index (κ3) is 3.90. The highest BCUT2D eigenvalue weighted by Gasteiger charge is 2.26. The number of rotatable bonds is 3. The number of anilines is 1. The van der Waals surface area contributed by atoms with E-state index in [9.17, 15) is 9.59 Å². The van der Waals surface area contributed by atoms with Gasteiger partial charge in [-0.3, -0.25) is 9.59 Å². The Balaban J connectivity index is 2.04. The van der Waals surface area contributed by atoms with Crippen LogP contribution in [-0.4, -0.2) is 42.0 Å². The van der Waals surface area contributed by atoms with Gasteiger partial charge < -0.3 is 19.7 Å². The maximum absolute atomic E-state index is 12.2. The van der Waals surface area contributed by atoms with Gasteiger partial charge in [-0.15, -0.1) is 0 Å². The van der Waals surface area contributed by atoms with E-state index in [1.165, 1.54) is 11.8 Å². The Morgan fingerprint density at radius 2 is 1.82 bits per heavy atom. The van der Waals surface area contributed by atoms with Crippen LogP contribution in [0.3, 0.4) is 0 Å². The van der Waals surface area contributed by atoms with Crippen molar-refractivity contribution in [1.82, 2.24) is 4.90 Å². The van der Waals surface area contributed by atoms with Gasteiger partial charge in [0.2, 0.25) is 11.8 Å². The number of carbonyl (C=O) groups is 2.